The summed E-state index contributed by atoms with van der Waals surface area (Å²) in [4.78, 5) is 4.69. The molecule has 1 aliphatic heterocycles. The highest BCUT2D eigenvalue weighted by atomic mass is 79.9. The van der Waals surface area contributed by atoms with E-state index in [-0.39, 0.29) is 0 Å². The van der Waals surface area contributed by atoms with Crippen LogP contribution in [0.1, 0.15) is 37.7 Å². The molecule has 3 N–H and O–H groups in total. The van der Waals surface area contributed by atoms with Crippen molar-refractivity contribution in [2.24, 2.45) is 10.8 Å². The van der Waals surface area contributed by atoms with Crippen molar-refractivity contribution < 1.29 is 0 Å². The van der Waals surface area contributed by atoms with Crippen LogP contribution in [0.2, 0.25) is 5.02 Å². The lowest BCUT2D eigenvalue weighted by Gasteiger charge is -2.32. The third-order valence-electron chi connectivity index (χ3n) is 4.49. The fraction of sp³-hybridized carbons (Fsp3) is 0.316. The average Bonchev–Trinajstić information content (AvgIpc) is 2.64. The van der Waals surface area contributed by atoms with Crippen molar-refractivity contribution in [1.82, 2.24) is 10.3 Å². The summed E-state index contributed by atoms with van der Waals surface area (Å²) < 4.78 is 0.732. The van der Waals surface area contributed by atoms with Gasteiger partial charge in [-0.05, 0) is 34.8 Å². The standard InChI is InChI=1S/C19H22BrClN4/c1-2-15(20)19-24-17(14-10-6-7-11-16(14)21)12-18(25(19)22)23-13-8-4-3-5-9-13/h2,6-7,10-13,23H,1,3-5,8-9,22H2/b19-15+. The molecule has 1 fully saturated rings. The Morgan fingerprint density at radius 3 is 2.72 bits per heavy atom. The van der Waals surface area contributed by atoms with E-state index in [9.17, 15) is 0 Å². The molecule has 1 saturated carbocycles. The fourth-order valence-corrected chi connectivity index (χ4v) is 3.66. The average molecular weight is 422 g/mol. The van der Waals surface area contributed by atoms with Crippen LogP contribution in [-0.2, 0) is 0 Å². The van der Waals surface area contributed by atoms with E-state index in [4.69, 9.17) is 17.4 Å². The molecule has 0 bridgehead atoms. The molecule has 0 saturated heterocycles. The number of nitrogens with zero attached hydrogens (tertiary/aromatic N) is 2. The molecule has 0 spiro atoms. The van der Waals surface area contributed by atoms with Gasteiger partial charge in [0.05, 0.1) is 10.2 Å². The number of halogens is 2. The lowest BCUT2D eigenvalue weighted by Crippen LogP contribution is -2.43. The predicted molar refractivity (Wildman–Crippen MR) is 108 cm³/mol. The molecule has 2 aliphatic rings. The second-order valence-electron chi connectivity index (χ2n) is 6.23. The van der Waals surface area contributed by atoms with Crippen molar-refractivity contribution in [2.75, 3.05) is 0 Å². The number of nitrogens with one attached hydrogen (secondary N) is 1. The van der Waals surface area contributed by atoms with Crippen LogP contribution < -0.4 is 11.2 Å². The van der Waals surface area contributed by atoms with Gasteiger partial charge in [0.15, 0.2) is 5.82 Å². The maximum absolute atomic E-state index is 6.37. The van der Waals surface area contributed by atoms with E-state index in [1.165, 1.54) is 19.3 Å². The zero-order chi connectivity index (χ0) is 17.8. The molecule has 1 heterocycles. The van der Waals surface area contributed by atoms with Gasteiger partial charge in [-0.3, -0.25) is 0 Å². The summed E-state index contributed by atoms with van der Waals surface area (Å²) >= 11 is 9.87. The van der Waals surface area contributed by atoms with Crippen LogP contribution in [0, 0.1) is 0 Å². The minimum atomic E-state index is 0.431. The number of rotatable bonds is 4. The number of benzene rings is 1. The second kappa shape index (κ2) is 8.21. The van der Waals surface area contributed by atoms with Crippen molar-refractivity contribution in [1.29, 1.82) is 0 Å². The van der Waals surface area contributed by atoms with Crippen molar-refractivity contribution in [3.63, 3.8) is 0 Å². The van der Waals surface area contributed by atoms with E-state index in [0.717, 1.165) is 34.4 Å². The molecule has 0 atom stereocenters. The van der Waals surface area contributed by atoms with Gasteiger partial charge in [0.1, 0.15) is 5.82 Å². The van der Waals surface area contributed by atoms with Gasteiger partial charge in [0, 0.05) is 22.7 Å². The highest BCUT2D eigenvalue weighted by Gasteiger charge is 2.24. The lowest BCUT2D eigenvalue weighted by atomic mass is 9.95. The number of aliphatic imine (C=N–C) groups is 1. The van der Waals surface area contributed by atoms with E-state index in [0.29, 0.717) is 16.9 Å². The number of hydrazine groups is 1. The van der Waals surface area contributed by atoms with Crippen LogP contribution in [0.4, 0.5) is 0 Å². The highest BCUT2D eigenvalue weighted by molar-refractivity contribution is 9.11. The van der Waals surface area contributed by atoms with Crippen molar-refractivity contribution >= 4 is 33.2 Å². The Morgan fingerprint density at radius 1 is 1.32 bits per heavy atom. The zero-order valence-electron chi connectivity index (χ0n) is 14.0. The molecule has 0 radical (unpaired) electrons. The number of hydrogen-bond donors (Lipinski definition) is 2. The van der Waals surface area contributed by atoms with Crippen LogP contribution in [0.3, 0.4) is 0 Å². The smallest absolute Gasteiger partial charge is 0.163 e. The summed E-state index contributed by atoms with van der Waals surface area (Å²) in [5.41, 5.74) is 1.65. The maximum Gasteiger partial charge on any atom is 0.163 e. The molecule has 1 aromatic carbocycles. The monoisotopic (exact) mass is 420 g/mol. The van der Waals surface area contributed by atoms with Gasteiger partial charge in [0.25, 0.3) is 0 Å². The van der Waals surface area contributed by atoms with Gasteiger partial charge in [-0.15, -0.1) is 0 Å². The third kappa shape index (κ3) is 4.17. The van der Waals surface area contributed by atoms with Crippen molar-refractivity contribution in [3.8, 4) is 0 Å². The summed E-state index contributed by atoms with van der Waals surface area (Å²) in [6.45, 7) is 3.80. The minimum Gasteiger partial charge on any atom is -0.368 e. The topological polar surface area (TPSA) is 53.7 Å². The quantitative estimate of drug-likeness (QED) is 0.684. The van der Waals surface area contributed by atoms with E-state index in [2.05, 4.69) is 32.8 Å². The Labute approximate surface area is 162 Å². The van der Waals surface area contributed by atoms with E-state index < -0.39 is 0 Å². The van der Waals surface area contributed by atoms with E-state index in [1.807, 2.05) is 30.3 Å². The largest absolute Gasteiger partial charge is 0.368 e. The van der Waals surface area contributed by atoms with Crippen LogP contribution >= 0.6 is 27.5 Å². The van der Waals surface area contributed by atoms with Gasteiger partial charge in [-0.1, -0.05) is 61.7 Å². The molecule has 4 nitrogen and oxygen atoms in total. The molecule has 25 heavy (non-hydrogen) atoms. The molecule has 0 unspecified atom stereocenters. The SMILES string of the molecule is C=C/C(Br)=C1/N=C(c2ccccc2Cl)C=C(NC2CCCCC2)N1N. The molecule has 0 amide bonds. The molecule has 1 aliphatic carbocycles. The molecule has 6 heteroatoms. The summed E-state index contributed by atoms with van der Waals surface area (Å²) in [5, 5.41) is 5.82. The Bertz CT molecular complexity index is 748. The second-order valence-corrected chi connectivity index (χ2v) is 7.49. The molecule has 3 rings (SSSR count). The minimum absolute atomic E-state index is 0.431. The Kier molecular flexibility index (Phi) is 5.99. The molecule has 0 aromatic heterocycles. The third-order valence-corrected chi connectivity index (χ3v) is 5.50. The highest BCUT2D eigenvalue weighted by Crippen LogP contribution is 2.28. The summed E-state index contributed by atoms with van der Waals surface area (Å²) in [6.07, 6.45) is 9.77. The first kappa shape index (κ1) is 18.2. The van der Waals surface area contributed by atoms with Gasteiger partial charge < -0.3 is 5.32 Å². The molecule has 132 valence electrons. The normalized spacial score (nSPS) is 20.7. The van der Waals surface area contributed by atoms with Crippen LogP contribution in [-0.4, -0.2) is 16.8 Å². The van der Waals surface area contributed by atoms with Crippen molar-refractivity contribution in [3.05, 3.63) is 69.7 Å². The number of allylic oxidation sites excluding steroid dienone is 3. The molecular formula is C19H22BrClN4. The first-order valence-corrected chi connectivity index (χ1v) is 9.66. The first-order valence-electron chi connectivity index (χ1n) is 8.49. The van der Waals surface area contributed by atoms with Crippen LogP contribution in [0.25, 0.3) is 0 Å². The Balaban J connectivity index is 1.99. The van der Waals surface area contributed by atoms with E-state index >= 15 is 0 Å². The van der Waals surface area contributed by atoms with Gasteiger partial charge in [0.2, 0.25) is 0 Å². The fourth-order valence-electron chi connectivity index (χ4n) is 3.15. The number of hydrogen-bond acceptors (Lipinski definition) is 4. The summed E-state index contributed by atoms with van der Waals surface area (Å²) in [5.74, 6) is 7.75. The summed E-state index contributed by atoms with van der Waals surface area (Å²) in [6, 6.07) is 8.11. The van der Waals surface area contributed by atoms with Crippen LogP contribution in [0.5, 0.6) is 0 Å². The molecular weight excluding hydrogens is 400 g/mol. The maximum atomic E-state index is 6.37. The van der Waals surface area contributed by atoms with Crippen LogP contribution in [0.15, 0.2) is 64.1 Å². The lowest BCUT2D eigenvalue weighted by molar-refractivity contribution is 0.333. The number of nitrogens with two attached hydrogens (primary N) is 1. The van der Waals surface area contributed by atoms with Gasteiger partial charge in [-0.25, -0.2) is 15.8 Å². The van der Waals surface area contributed by atoms with Gasteiger partial charge in [-0.2, -0.15) is 0 Å². The molecule has 1 aromatic rings. The van der Waals surface area contributed by atoms with Gasteiger partial charge >= 0.3 is 0 Å². The van der Waals surface area contributed by atoms with Crippen molar-refractivity contribution in [2.45, 2.75) is 38.1 Å². The Hall–Kier alpha value is -1.56. The first-order chi connectivity index (χ1) is 12.1. The zero-order valence-corrected chi connectivity index (χ0v) is 16.4. The van der Waals surface area contributed by atoms with E-state index in [1.54, 1.807) is 11.1 Å². The summed E-state index contributed by atoms with van der Waals surface area (Å²) in [7, 11) is 0. The Morgan fingerprint density at radius 2 is 2.04 bits per heavy atom. The predicted octanol–water partition coefficient (Wildman–Crippen LogP) is 4.83.